The third-order valence-electron chi connectivity index (χ3n) is 4.22. The summed E-state index contributed by atoms with van der Waals surface area (Å²) in [5, 5.41) is 0. The van der Waals surface area contributed by atoms with Crippen LogP contribution in [0, 0.1) is 0 Å². The molecule has 20 heavy (non-hydrogen) atoms. The van der Waals surface area contributed by atoms with Gasteiger partial charge in [-0.25, -0.2) is 0 Å². The summed E-state index contributed by atoms with van der Waals surface area (Å²) < 4.78 is 11.7. The van der Waals surface area contributed by atoms with Gasteiger partial charge in [0.05, 0.1) is 6.04 Å². The number of halogens is 1. The number of likely N-dealkylation sites (tertiary alicyclic amines) is 1. The maximum Gasteiger partial charge on any atom is 0.164 e. The van der Waals surface area contributed by atoms with E-state index in [1.54, 1.807) is 6.08 Å². The maximum atomic E-state index is 5.99. The molecule has 3 nitrogen and oxygen atoms in total. The molecule has 0 amide bonds. The SMILES string of the molecule is C=CCOc1cccc2c1OC[C@@H]1[C@@H]2CCCN1C.Cl. The standard InChI is InChI=1S/C16H21NO2.ClH/c1-3-10-18-15-8-4-6-13-12-7-5-9-17(2)14(12)11-19-16(13)15;/h3-4,6,8,12,14H,1,5,7,9-11H2,2H3;1H/t12-,14-;/m1./s1. The molecule has 0 unspecified atom stereocenters. The van der Waals surface area contributed by atoms with E-state index in [-0.39, 0.29) is 12.4 Å². The summed E-state index contributed by atoms with van der Waals surface area (Å²) >= 11 is 0. The van der Waals surface area contributed by atoms with Crippen molar-refractivity contribution in [2.24, 2.45) is 0 Å². The third kappa shape index (κ3) is 2.65. The molecule has 110 valence electrons. The number of ether oxygens (including phenoxy) is 2. The number of para-hydroxylation sites is 1. The van der Waals surface area contributed by atoms with Crippen LogP contribution in [0.2, 0.25) is 0 Å². The minimum atomic E-state index is 0. The number of piperidine rings is 1. The van der Waals surface area contributed by atoms with E-state index >= 15 is 0 Å². The Hall–Kier alpha value is -1.19. The molecule has 2 aliphatic heterocycles. The molecule has 0 radical (unpaired) electrons. The second-order valence-corrected chi connectivity index (χ2v) is 5.38. The average Bonchev–Trinajstić information content (AvgIpc) is 2.45. The highest BCUT2D eigenvalue weighted by Crippen LogP contribution is 2.44. The number of hydrogen-bond acceptors (Lipinski definition) is 3. The van der Waals surface area contributed by atoms with E-state index in [0.29, 0.717) is 18.6 Å². The van der Waals surface area contributed by atoms with Gasteiger partial charge in [-0.15, -0.1) is 12.4 Å². The normalized spacial score (nSPS) is 24.6. The van der Waals surface area contributed by atoms with Gasteiger partial charge in [-0.05, 0) is 32.5 Å². The van der Waals surface area contributed by atoms with Crippen LogP contribution < -0.4 is 9.47 Å². The van der Waals surface area contributed by atoms with Crippen LogP contribution in [-0.4, -0.2) is 37.7 Å². The van der Waals surface area contributed by atoms with Gasteiger partial charge in [-0.1, -0.05) is 24.8 Å². The van der Waals surface area contributed by atoms with E-state index < -0.39 is 0 Å². The molecule has 4 heteroatoms. The molecular formula is C16H22ClNO2. The highest BCUT2D eigenvalue weighted by molar-refractivity contribution is 5.85. The van der Waals surface area contributed by atoms with Gasteiger partial charge >= 0.3 is 0 Å². The Balaban J connectivity index is 0.00000147. The fourth-order valence-electron chi connectivity index (χ4n) is 3.24. The summed E-state index contributed by atoms with van der Waals surface area (Å²) in [6.07, 6.45) is 4.27. The van der Waals surface area contributed by atoms with Crippen molar-refractivity contribution >= 4 is 12.4 Å². The predicted octanol–water partition coefficient (Wildman–Crippen LogP) is 3.24. The Morgan fingerprint density at radius 2 is 2.35 bits per heavy atom. The van der Waals surface area contributed by atoms with Crippen LogP contribution >= 0.6 is 12.4 Å². The molecular weight excluding hydrogens is 274 g/mol. The lowest BCUT2D eigenvalue weighted by atomic mass is 9.82. The zero-order chi connectivity index (χ0) is 13.2. The Bertz CT molecular complexity index is 478. The van der Waals surface area contributed by atoms with Crippen molar-refractivity contribution in [3.63, 3.8) is 0 Å². The lowest BCUT2D eigenvalue weighted by Crippen LogP contribution is -2.47. The fraction of sp³-hybridized carbons (Fsp3) is 0.500. The summed E-state index contributed by atoms with van der Waals surface area (Å²) in [5.74, 6) is 2.37. The Morgan fingerprint density at radius 1 is 1.50 bits per heavy atom. The van der Waals surface area contributed by atoms with Crippen molar-refractivity contribution < 1.29 is 9.47 Å². The zero-order valence-electron chi connectivity index (χ0n) is 11.9. The molecule has 1 aromatic carbocycles. The second kappa shape index (κ2) is 6.51. The molecule has 2 heterocycles. The van der Waals surface area contributed by atoms with E-state index in [1.807, 2.05) is 6.07 Å². The van der Waals surface area contributed by atoms with Gasteiger partial charge in [0.15, 0.2) is 11.5 Å². The molecule has 0 aromatic heterocycles. The molecule has 0 spiro atoms. The van der Waals surface area contributed by atoms with E-state index in [9.17, 15) is 0 Å². The lowest BCUT2D eigenvalue weighted by Gasteiger charge is -2.43. The first-order chi connectivity index (χ1) is 9.31. The van der Waals surface area contributed by atoms with Crippen LogP contribution in [0.3, 0.4) is 0 Å². The minimum Gasteiger partial charge on any atom is -0.488 e. The predicted molar refractivity (Wildman–Crippen MR) is 83.3 cm³/mol. The van der Waals surface area contributed by atoms with Crippen molar-refractivity contribution in [1.29, 1.82) is 0 Å². The van der Waals surface area contributed by atoms with E-state index in [0.717, 1.165) is 18.1 Å². The first kappa shape index (κ1) is 15.2. The van der Waals surface area contributed by atoms with Crippen LogP contribution in [-0.2, 0) is 0 Å². The molecule has 1 saturated heterocycles. The van der Waals surface area contributed by atoms with Crippen molar-refractivity contribution in [1.82, 2.24) is 4.90 Å². The van der Waals surface area contributed by atoms with E-state index in [4.69, 9.17) is 9.47 Å². The van der Waals surface area contributed by atoms with Crippen LogP contribution in [0.5, 0.6) is 11.5 Å². The number of benzene rings is 1. The third-order valence-corrected chi connectivity index (χ3v) is 4.22. The van der Waals surface area contributed by atoms with Gasteiger partial charge in [0, 0.05) is 11.5 Å². The smallest absolute Gasteiger partial charge is 0.164 e. The topological polar surface area (TPSA) is 21.7 Å². The fourth-order valence-corrected chi connectivity index (χ4v) is 3.24. The quantitative estimate of drug-likeness (QED) is 0.799. The Kier molecular flexibility index (Phi) is 4.95. The Labute approximate surface area is 127 Å². The number of rotatable bonds is 3. The summed E-state index contributed by atoms with van der Waals surface area (Å²) in [4.78, 5) is 2.42. The molecule has 2 aliphatic rings. The number of nitrogens with zero attached hydrogens (tertiary/aromatic N) is 1. The number of likely N-dealkylation sites (N-methyl/N-ethyl adjacent to an activating group) is 1. The van der Waals surface area contributed by atoms with Gasteiger partial charge in [0.25, 0.3) is 0 Å². The van der Waals surface area contributed by atoms with Crippen molar-refractivity contribution in [2.45, 2.75) is 24.8 Å². The average molecular weight is 296 g/mol. The molecule has 1 aromatic rings. The lowest BCUT2D eigenvalue weighted by molar-refractivity contribution is 0.0844. The zero-order valence-corrected chi connectivity index (χ0v) is 12.7. The summed E-state index contributed by atoms with van der Waals surface area (Å²) in [5.41, 5.74) is 1.31. The van der Waals surface area contributed by atoms with Crippen molar-refractivity contribution in [3.8, 4) is 11.5 Å². The highest BCUT2D eigenvalue weighted by atomic mass is 35.5. The molecule has 0 N–H and O–H groups in total. The van der Waals surface area contributed by atoms with Crippen molar-refractivity contribution in [2.75, 3.05) is 26.8 Å². The van der Waals surface area contributed by atoms with Crippen molar-refractivity contribution in [3.05, 3.63) is 36.4 Å². The molecule has 0 aliphatic carbocycles. The highest BCUT2D eigenvalue weighted by Gasteiger charge is 2.36. The second-order valence-electron chi connectivity index (χ2n) is 5.38. The summed E-state index contributed by atoms with van der Waals surface area (Å²) in [7, 11) is 2.20. The molecule has 3 rings (SSSR count). The number of fused-ring (bicyclic) bond motifs is 3. The first-order valence-electron chi connectivity index (χ1n) is 7.01. The van der Waals surface area contributed by atoms with Gasteiger partial charge in [-0.2, -0.15) is 0 Å². The first-order valence-corrected chi connectivity index (χ1v) is 7.01. The van der Waals surface area contributed by atoms with E-state index in [2.05, 4.69) is 30.7 Å². The van der Waals surface area contributed by atoms with Gasteiger partial charge in [-0.3, -0.25) is 4.90 Å². The maximum absolute atomic E-state index is 5.99. The summed E-state index contributed by atoms with van der Waals surface area (Å²) in [6, 6.07) is 6.75. The van der Waals surface area contributed by atoms with Gasteiger partial charge in [0.1, 0.15) is 13.2 Å². The van der Waals surface area contributed by atoms with Crippen LogP contribution in [0.15, 0.2) is 30.9 Å². The molecule has 0 bridgehead atoms. The van der Waals surface area contributed by atoms with Gasteiger partial charge in [0.2, 0.25) is 0 Å². The molecule has 1 fully saturated rings. The van der Waals surface area contributed by atoms with Crippen LogP contribution in [0.1, 0.15) is 24.3 Å². The largest absolute Gasteiger partial charge is 0.488 e. The van der Waals surface area contributed by atoms with Crippen LogP contribution in [0.25, 0.3) is 0 Å². The number of hydrogen-bond donors (Lipinski definition) is 0. The Morgan fingerprint density at radius 3 is 3.15 bits per heavy atom. The molecule has 2 atom stereocenters. The monoisotopic (exact) mass is 295 g/mol. The summed E-state index contributed by atoms with van der Waals surface area (Å²) in [6.45, 7) is 6.15. The molecule has 0 saturated carbocycles. The minimum absolute atomic E-state index is 0. The van der Waals surface area contributed by atoms with Crippen LogP contribution in [0.4, 0.5) is 0 Å². The van der Waals surface area contributed by atoms with Gasteiger partial charge < -0.3 is 9.47 Å². The van der Waals surface area contributed by atoms with E-state index in [1.165, 1.54) is 24.9 Å².